The molecular weight excluding hydrogens is 389 g/mol. The zero-order valence-corrected chi connectivity index (χ0v) is 14.6. The van der Waals surface area contributed by atoms with Crippen LogP contribution >= 0.6 is 22.6 Å². The Kier molecular flexibility index (Phi) is 3.80. The fourth-order valence-electron chi connectivity index (χ4n) is 3.11. The number of benzene rings is 2. The van der Waals surface area contributed by atoms with Crippen molar-refractivity contribution in [1.29, 1.82) is 0 Å². The quantitative estimate of drug-likeness (QED) is 0.576. The van der Waals surface area contributed by atoms with E-state index in [1.807, 2.05) is 43.3 Å². The van der Waals surface area contributed by atoms with E-state index in [0.717, 1.165) is 14.8 Å². The van der Waals surface area contributed by atoms with E-state index in [2.05, 4.69) is 22.6 Å². The summed E-state index contributed by atoms with van der Waals surface area (Å²) in [6, 6.07) is 15.0. The predicted octanol–water partition coefficient (Wildman–Crippen LogP) is 3.80. The van der Waals surface area contributed by atoms with Crippen molar-refractivity contribution in [2.75, 3.05) is 11.9 Å². The lowest BCUT2D eigenvalue weighted by atomic mass is 9.78. The topological polar surface area (TPSA) is 37.4 Å². The minimum atomic E-state index is -0.793. The van der Waals surface area contributed by atoms with Crippen LogP contribution in [0.1, 0.15) is 29.3 Å². The molecule has 1 heterocycles. The van der Waals surface area contributed by atoms with E-state index >= 15 is 0 Å². The van der Waals surface area contributed by atoms with Crippen molar-refractivity contribution in [2.45, 2.75) is 18.8 Å². The van der Waals surface area contributed by atoms with Crippen LogP contribution in [0, 0.1) is 3.57 Å². The first-order valence-corrected chi connectivity index (χ1v) is 8.18. The number of hydrogen-bond acceptors (Lipinski definition) is 2. The number of carbonyl (C=O) groups excluding carboxylic acids is 2. The molecule has 1 unspecified atom stereocenters. The molecule has 0 fully saturated rings. The molecule has 0 saturated heterocycles. The van der Waals surface area contributed by atoms with Crippen LogP contribution in [0.3, 0.4) is 0 Å². The van der Waals surface area contributed by atoms with Gasteiger partial charge in [-0.05, 0) is 41.1 Å². The second kappa shape index (κ2) is 5.50. The van der Waals surface area contributed by atoms with Gasteiger partial charge in [-0.3, -0.25) is 9.59 Å². The molecule has 0 bridgehead atoms. The summed E-state index contributed by atoms with van der Waals surface area (Å²) in [6.07, 6.45) is 0.188. The third kappa shape index (κ3) is 2.26. The van der Waals surface area contributed by atoms with Gasteiger partial charge in [-0.1, -0.05) is 42.5 Å². The number of amides is 1. The monoisotopic (exact) mass is 405 g/mol. The van der Waals surface area contributed by atoms with Gasteiger partial charge in [-0.2, -0.15) is 0 Å². The van der Waals surface area contributed by atoms with Crippen molar-refractivity contribution < 1.29 is 9.59 Å². The van der Waals surface area contributed by atoms with Gasteiger partial charge in [0.15, 0.2) is 5.78 Å². The van der Waals surface area contributed by atoms with Gasteiger partial charge in [-0.25, -0.2) is 0 Å². The predicted molar refractivity (Wildman–Crippen MR) is 95.3 cm³/mol. The van der Waals surface area contributed by atoms with Crippen molar-refractivity contribution in [3.8, 4) is 0 Å². The Morgan fingerprint density at radius 2 is 1.82 bits per heavy atom. The van der Waals surface area contributed by atoms with Gasteiger partial charge in [-0.15, -0.1) is 0 Å². The van der Waals surface area contributed by atoms with Gasteiger partial charge < -0.3 is 4.90 Å². The number of hydrogen-bond donors (Lipinski definition) is 0. The van der Waals surface area contributed by atoms with Gasteiger partial charge in [0.25, 0.3) is 0 Å². The average Bonchev–Trinajstić information content (AvgIpc) is 2.71. The van der Waals surface area contributed by atoms with E-state index in [1.165, 1.54) is 0 Å². The Morgan fingerprint density at radius 1 is 1.14 bits per heavy atom. The molecule has 0 spiro atoms. The van der Waals surface area contributed by atoms with E-state index < -0.39 is 5.41 Å². The molecule has 2 aromatic rings. The number of para-hydroxylation sites is 1. The number of halogens is 1. The summed E-state index contributed by atoms with van der Waals surface area (Å²) >= 11 is 2.23. The molecule has 0 saturated carbocycles. The number of nitrogens with zero attached hydrogens (tertiary/aromatic N) is 1. The van der Waals surface area contributed by atoms with Crippen LogP contribution < -0.4 is 4.90 Å². The van der Waals surface area contributed by atoms with Crippen LogP contribution in [-0.4, -0.2) is 18.7 Å². The molecule has 0 aromatic heterocycles. The van der Waals surface area contributed by atoms with Gasteiger partial charge >= 0.3 is 0 Å². The molecule has 3 rings (SSSR count). The molecule has 22 heavy (non-hydrogen) atoms. The van der Waals surface area contributed by atoms with E-state index in [0.29, 0.717) is 5.56 Å². The van der Waals surface area contributed by atoms with Crippen LogP contribution in [0.5, 0.6) is 0 Å². The third-order valence-corrected chi connectivity index (χ3v) is 5.17. The largest absolute Gasteiger partial charge is 0.313 e. The van der Waals surface area contributed by atoms with Crippen molar-refractivity contribution in [1.82, 2.24) is 0 Å². The molecule has 0 radical (unpaired) electrons. The number of likely N-dealkylation sites (N-methyl/N-ethyl adjacent to an activating group) is 1. The molecule has 0 N–H and O–H groups in total. The molecule has 1 atom stereocenters. The van der Waals surface area contributed by atoms with Crippen molar-refractivity contribution >= 4 is 40.0 Å². The summed E-state index contributed by atoms with van der Waals surface area (Å²) in [4.78, 5) is 27.0. The highest BCUT2D eigenvalue weighted by Crippen LogP contribution is 2.45. The van der Waals surface area contributed by atoms with E-state index in [1.54, 1.807) is 24.1 Å². The standard InChI is InChI=1S/C18H16INO2/c1-18(11-15(21)12-7-4-3-5-8-12)13-9-6-10-14(19)16(13)20(2)17(18)22/h3-10H,11H2,1-2H3. The SMILES string of the molecule is CN1C(=O)C(C)(CC(=O)c2ccccc2)c2cccc(I)c21. The highest BCUT2D eigenvalue weighted by atomic mass is 127. The minimum absolute atomic E-state index is 0.00318. The first kappa shape index (κ1) is 15.2. The van der Waals surface area contributed by atoms with Crippen molar-refractivity contribution in [2.24, 2.45) is 0 Å². The molecule has 3 nitrogen and oxygen atoms in total. The maximum Gasteiger partial charge on any atom is 0.237 e. The molecule has 2 aromatic carbocycles. The average molecular weight is 405 g/mol. The number of rotatable bonds is 3. The fraction of sp³-hybridized carbons (Fsp3) is 0.222. The molecule has 1 amide bonds. The summed E-state index contributed by atoms with van der Waals surface area (Å²) < 4.78 is 1.03. The van der Waals surface area contributed by atoms with E-state index in [-0.39, 0.29) is 18.1 Å². The van der Waals surface area contributed by atoms with Crippen molar-refractivity contribution in [3.05, 3.63) is 63.2 Å². The van der Waals surface area contributed by atoms with Crippen LogP contribution in [-0.2, 0) is 10.2 Å². The number of Topliss-reactive ketones (excluding diaryl/α,β-unsaturated/α-hetero) is 1. The van der Waals surface area contributed by atoms with Crippen LogP contribution in [0.25, 0.3) is 0 Å². The lowest BCUT2D eigenvalue weighted by molar-refractivity contribution is -0.122. The Balaban J connectivity index is 2.02. The summed E-state index contributed by atoms with van der Waals surface area (Å²) in [5, 5.41) is 0. The molecule has 112 valence electrons. The lowest BCUT2D eigenvalue weighted by Crippen LogP contribution is -2.37. The van der Waals surface area contributed by atoms with Crippen LogP contribution in [0.4, 0.5) is 5.69 Å². The Labute approximate surface area is 143 Å². The first-order valence-electron chi connectivity index (χ1n) is 7.10. The summed E-state index contributed by atoms with van der Waals surface area (Å²) in [5.41, 5.74) is 1.73. The maximum absolute atomic E-state index is 12.8. The highest BCUT2D eigenvalue weighted by molar-refractivity contribution is 14.1. The molecule has 1 aliphatic heterocycles. The summed E-state index contributed by atoms with van der Waals surface area (Å²) in [5.74, 6) is -0.0209. The molecule has 1 aliphatic rings. The summed E-state index contributed by atoms with van der Waals surface area (Å²) in [7, 11) is 1.78. The highest BCUT2D eigenvalue weighted by Gasteiger charge is 2.47. The van der Waals surface area contributed by atoms with Crippen LogP contribution in [0.15, 0.2) is 48.5 Å². The first-order chi connectivity index (χ1) is 10.4. The Morgan fingerprint density at radius 3 is 2.50 bits per heavy atom. The number of ketones is 1. The Hall–Kier alpha value is -1.69. The molecule has 4 heteroatoms. The van der Waals surface area contributed by atoms with Gasteiger partial charge in [0.1, 0.15) is 0 Å². The third-order valence-electron chi connectivity index (χ3n) is 4.30. The number of carbonyl (C=O) groups is 2. The van der Waals surface area contributed by atoms with Crippen molar-refractivity contribution in [3.63, 3.8) is 0 Å². The number of fused-ring (bicyclic) bond motifs is 1. The zero-order valence-electron chi connectivity index (χ0n) is 12.5. The van der Waals surface area contributed by atoms with Crippen LogP contribution in [0.2, 0.25) is 0 Å². The van der Waals surface area contributed by atoms with Gasteiger partial charge in [0.05, 0.1) is 11.1 Å². The molecule has 0 aliphatic carbocycles. The molecular formula is C18H16INO2. The number of anilines is 1. The lowest BCUT2D eigenvalue weighted by Gasteiger charge is -2.22. The second-order valence-corrected chi connectivity index (χ2v) is 6.96. The Bertz CT molecular complexity index is 757. The van der Waals surface area contributed by atoms with E-state index in [9.17, 15) is 9.59 Å². The second-order valence-electron chi connectivity index (χ2n) is 5.80. The normalized spacial score (nSPS) is 20.1. The van der Waals surface area contributed by atoms with Gasteiger partial charge in [0.2, 0.25) is 5.91 Å². The van der Waals surface area contributed by atoms with E-state index in [4.69, 9.17) is 0 Å². The maximum atomic E-state index is 12.8. The minimum Gasteiger partial charge on any atom is -0.313 e. The van der Waals surface area contributed by atoms with Gasteiger partial charge in [0, 0.05) is 22.6 Å². The fourth-order valence-corrected chi connectivity index (χ4v) is 3.97. The summed E-state index contributed by atoms with van der Waals surface area (Å²) in [6.45, 7) is 1.87. The zero-order chi connectivity index (χ0) is 15.9. The smallest absolute Gasteiger partial charge is 0.237 e.